The topological polar surface area (TPSA) is 35.5 Å². The van der Waals surface area contributed by atoms with Crippen molar-refractivity contribution in [3.63, 3.8) is 0 Å². The van der Waals surface area contributed by atoms with Crippen molar-refractivity contribution in [1.82, 2.24) is 0 Å². The van der Waals surface area contributed by atoms with E-state index in [-0.39, 0.29) is 12.6 Å². The van der Waals surface area contributed by atoms with Gasteiger partial charge in [-0.1, -0.05) is 0 Å². The smallest absolute Gasteiger partial charge is 0.343 e. The van der Waals surface area contributed by atoms with Crippen molar-refractivity contribution >= 4 is 28.6 Å². The summed E-state index contributed by atoms with van der Waals surface area (Å²) in [4.78, 5) is 10.9. The summed E-state index contributed by atoms with van der Waals surface area (Å²) >= 11 is 2.29. The highest BCUT2D eigenvalue weighted by molar-refractivity contribution is 14.1. The predicted molar refractivity (Wildman–Crippen MR) is 66.1 cm³/mol. The van der Waals surface area contributed by atoms with E-state index in [0.29, 0.717) is 5.75 Å². The summed E-state index contributed by atoms with van der Waals surface area (Å²) in [5, 5.41) is 0. The second-order valence-electron chi connectivity index (χ2n) is 3.24. The van der Waals surface area contributed by atoms with Gasteiger partial charge in [-0.05, 0) is 59.7 Å². The molecule has 0 fully saturated rings. The number of esters is 1. The van der Waals surface area contributed by atoms with Gasteiger partial charge in [-0.2, -0.15) is 0 Å². The highest BCUT2D eigenvalue weighted by Gasteiger charge is 2.05. The van der Waals surface area contributed by atoms with Crippen molar-refractivity contribution in [3.8, 4) is 5.75 Å². The van der Waals surface area contributed by atoms with Crippen molar-refractivity contribution in [3.05, 3.63) is 26.8 Å². The van der Waals surface area contributed by atoms with Crippen molar-refractivity contribution in [1.29, 1.82) is 0 Å². The normalized spacial score (nSPS) is 9.87. The number of hydrogen-bond acceptors (Lipinski definition) is 3. The van der Waals surface area contributed by atoms with Crippen molar-refractivity contribution < 1.29 is 14.3 Å². The number of ether oxygens (including phenoxy) is 2. The number of halogens is 1. The van der Waals surface area contributed by atoms with Crippen LogP contribution in [0.15, 0.2) is 12.1 Å². The highest BCUT2D eigenvalue weighted by atomic mass is 127. The van der Waals surface area contributed by atoms with Gasteiger partial charge in [0.2, 0.25) is 0 Å². The zero-order valence-electron chi connectivity index (χ0n) is 8.96. The Morgan fingerprint density at radius 1 is 1.33 bits per heavy atom. The molecular formula is C11H13IO3. The van der Waals surface area contributed by atoms with E-state index in [2.05, 4.69) is 27.3 Å². The Kier molecular flexibility index (Phi) is 4.38. The third kappa shape index (κ3) is 3.37. The lowest BCUT2D eigenvalue weighted by Crippen LogP contribution is -2.12. The highest BCUT2D eigenvalue weighted by Crippen LogP contribution is 2.23. The van der Waals surface area contributed by atoms with Crippen LogP contribution in [-0.2, 0) is 9.53 Å². The summed E-state index contributed by atoms with van der Waals surface area (Å²) in [5.74, 6) is 0.333. The number of carbonyl (C=O) groups excluding carboxylic acids is 1. The Morgan fingerprint density at radius 3 is 2.33 bits per heavy atom. The fourth-order valence-corrected chi connectivity index (χ4v) is 1.50. The minimum Gasteiger partial charge on any atom is -0.482 e. The molecule has 0 atom stereocenters. The number of aryl methyl sites for hydroxylation is 2. The van der Waals surface area contributed by atoms with Crippen LogP contribution < -0.4 is 4.74 Å². The second kappa shape index (κ2) is 5.34. The minimum absolute atomic E-state index is 0.0457. The van der Waals surface area contributed by atoms with E-state index >= 15 is 0 Å². The molecule has 0 aromatic heterocycles. The molecule has 0 unspecified atom stereocenters. The molecule has 0 aliphatic rings. The summed E-state index contributed by atoms with van der Waals surface area (Å²) < 4.78 is 11.0. The number of methoxy groups -OCH3 is 1. The Hall–Kier alpha value is -0.780. The van der Waals surface area contributed by atoms with Crippen LogP contribution in [0.1, 0.15) is 11.1 Å². The Balaban J connectivity index is 2.75. The van der Waals surface area contributed by atoms with Gasteiger partial charge in [0.25, 0.3) is 0 Å². The maximum absolute atomic E-state index is 10.9. The molecule has 0 aliphatic heterocycles. The molecular weight excluding hydrogens is 307 g/mol. The molecule has 0 saturated carbocycles. The van der Waals surface area contributed by atoms with Gasteiger partial charge in [-0.3, -0.25) is 0 Å². The van der Waals surface area contributed by atoms with Gasteiger partial charge >= 0.3 is 5.97 Å². The fourth-order valence-electron chi connectivity index (χ4n) is 1.19. The van der Waals surface area contributed by atoms with E-state index in [9.17, 15) is 4.79 Å². The Morgan fingerprint density at radius 2 is 1.87 bits per heavy atom. The van der Waals surface area contributed by atoms with Crippen LogP contribution in [0.5, 0.6) is 5.75 Å². The lowest BCUT2D eigenvalue weighted by atomic mass is 10.1. The van der Waals surface area contributed by atoms with Gasteiger partial charge < -0.3 is 9.47 Å². The molecule has 0 amide bonds. The molecule has 82 valence electrons. The molecule has 1 rings (SSSR count). The van der Waals surface area contributed by atoms with E-state index in [1.807, 2.05) is 26.0 Å². The SMILES string of the molecule is COC(=O)COc1cc(C)c(I)c(C)c1. The first-order chi connectivity index (χ1) is 7.04. The standard InChI is InChI=1S/C11H13IO3/c1-7-4-9(5-8(2)11(7)12)15-6-10(13)14-3/h4-5H,6H2,1-3H3. The third-order valence-corrected chi connectivity index (χ3v) is 3.70. The average molecular weight is 320 g/mol. The average Bonchev–Trinajstić information content (AvgIpc) is 2.22. The number of carbonyl (C=O) groups is 1. The van der Waals surface area contributed by atoms with Gasteiger partial charge in [-0.25, -0.2) is 4.79 Å². The Bertz CT molecular complexity index is 351. The maximum Gasteiger partial charge on any atom is 0.343 e. The second-order valence-corrected chi connectivity index (χ2v) is 4.31. The van der Waals surface area contributed by atoms with Gasteiger partial charge in [-0.15, -0.1) is 0 Å². The molecule has 0 N–H and O–H groups in total. The first kappa shape index (κ1) is 12.3. The molecule has 0 saturated heterocycles. The van der Waals surface area contributed by atoms with Crippen LogP contribution in [0.2, 0.25) is 0 Å². The minimum atomic E-state index is -0.371. The first-order valence-corrected chi connectivity index (χ1v) is 5.59. The van der Waals surface area contributed by atoms with Crippen LogP contribution in [0, 0.1) is 17.4 Å². The molecule has 15 heavy (non-hydrogen) atoms. The van der Waals surface area contributed by atoms with Crippen molar-refractivity contribution in [2.45, 2.75) is 13.8 Å². The molecule has 0 bridgehead atoms. The van der Waals surface area contributed by atoms with Crippen molar-refractivity contribution in [2.75, 3.05) is 13.7 Å². The van der Waals surface area contributed by atoms with E-state index < -0.39 is 0 Å². The molecule has 3 nitrogen and oxygen atoms in total. The predicted octanol–water partition coefficient (Wildman–Crippen LogP) is 2.46. The summed E-state index contributed by atoms with van der Waals surface area (Å²) in [6.07, 6.45) is 0. The Labute approximate surface area is 103 Å². The van der Waals surface area contributed by atoms with Gasteiger partial charge in [0.05, 0.1) is 7.11 Å². The molecule has 1 aromatic rings. The van der Waals surface area contributed by atoms with E-state index in [4.69, 9.17) is 4.74 Å². The first-order valence-electron chi connectivity index (χ1n) is 4.51. The fraction of sp³-hybridized carbons (Fsp3) is 0.364. The van der Waals surface area contributed by atoms with Crippen LogP contribution >= 0.6 is 22.6 Å². The van der Waals surface area contributed by atoms with Gasteiger partial charge in [0.1, 0.15) is 5.75 Å². The van der Waals surface area contributed by atoms with Crippen LogP contribution in [0.25, 0.3) is 0 Å². The zero-order valence-corrected chi connectivity index (χ0v) is 11.1. The monoisotopic (exact) mass is 320 g/mol. The number of benzene rings is 1. The van der Waals surface area contributed by atoms with Crippen LogP contribution in [-0.4, -0.2) is 19.7 Å². The molecule has 0 radical (unpaired) electrons. The molecule has 0 aliphatic carbocycles. The maximum atomic E-state index is 10.9. The molecule has 0 spiro atoms. The van der Waals surface area contributed by atoms with E-state index in [0.717, 1.165) is 11.1 Å². The number of rotatable bonds is 3. The van der Waals surface area contributed by atoms with Crippen LogP contribution in [0.3, 0.4) is 0 Å². The third-order valence-electron chi connectivity index (χ3n) is 1.99. The van der Waals surface area contributed by atoms with Gasteiger partial charge in [0.15, 0.2) is 6.61 Å². The molecule has 4 heteroatoms. The van der Waals surface area contributed by atoms with E-state index in [1.54, 1.807) is 0 Å². The van der Waals surface area contributed by atoms with Gasteiger partial charge in [0, 0.05) is 3.57 Å². The lowest BCUT2D eigenvalue weighted by molar-refractivity contribution is -0.142. The summed E-state index contributed by atoms with van der Waals surface area (Å²) in [6.45, 7) is 3.98. The lowest BCUT2D eigenvalue weighted by Gasteiger charge is -2.09. The summed E-state index contributed by atoms with van der Waals surface area (Å²) in [6, 6.07) is 3.83. The van der Waals surface area contributed by atoms with Crippen LogP contribution in [0.4, 0.5) is 0 Å². The summed E-state index contributed by atoms with van der Waals surface area (Å²) in [5.41, 5.74) is 2.30. The molecule has 0 heterocycles. The quantitative estimate of drug-likeness (QED) is 0.634. The largest absolute Gasteiger partial charge is 0.482 e. The van der Waals surface area contributed by atoms with Crippen molar-refractivity contribution in [2.24, 2.45) is 0 Å². The number of hydrogen-bond donors (Lipinski definition) is 0. The molecule has 1 aromatic carbocycles. The summed E-state index contributed by atoms with van der Waals surface area (Å²) in [7, 11) is 1.34. The van der Waals surface area contributed by atoms with E-state index in [1.165, 1.54) is 10.7 Å². The zero-order chi connectivity index (χ0) is 11.4.